The van der Waals surface area contributed by atoms with Gasteiger partial charge in [-0.1, -0.05) is 6.92 Å². The van der Waals surface area contributed by atoms with Gasteiger partial charge < -0.3 is 18.6 Å². The van der Waals surface area contributed by atoms with E-state index in [-0.39, 0.29) is 12.8 Å². The van der Waals surface area contributed by atoms with Crippen LogP contribution in [-0.4, -0.2) is 19.7 Å². The molecule has 0 aliphatic heterocycles. The second-order valence-corrected chi connectivity index (χ2v) is 6.65. The topological polar surface area (TPSA) is 75.0 Å². The second-order valence-electron chi connectivity index (χ2n) is 6.65. The quantitative estimate of drug-likeness (QED) is 0.318. The lowest BCUT2D eigenvalue weighted by Gasteiger charge is -2.09. The van der Waals surface area contributed by atoms with E-state index < -0.39 is 11.6 Å². The summed E-state index contributed by atoms with van der Waals surface area (Å²) in [5, 5.41) is 0.816. The van der Waals surface area contributed by atoms with E-state index in [1.165, 1.54) is 0 Å². The number of hydrogen-bond acceptors (Lipinski definition) is 6. The fraction of sp³-hybridized carbons (Fsp3) is 0.304. The average Bonchev–Trinajstić information content (AvgIpc) is 2.72. The molecule has 0 aliphatic rings. The number of hydrogen-bond donors (Lipinski definition) is 0. The van der Waals surface area contributed by atoms with Crippen LogP contribution in [0.15, 0.2) is 51.7 Å². The zero-order valence-electron chi connectivity index (χ0n) is 16.8. The van der Waals surface area contributed by atoms with E-state index in [0.717, 1.165) is 23.1 Å². The molecule has 2 aromatic carbocycles. The van der Waals surface area contributed by atoms with E-state index in [0.29, 0.717) is 29.3 Å². The minimum Gasteiger partial charge on any atom is -0.497 e. The van der Waals surface area contributed by atoms with Crippen molar-refractivity contribution >= 4 is 16.9 Å². The van der Waals surface area contributed by atoms with Crippen molar-refractivity contribution in [3.05, 3.63) is 64.0 Å². The predicted molar refractivity (Wildman–Crippen MR) is 110 cm³/mol. The van der Waals surface area contributed by atoms with Crippen LogP contribution in [0.2, 0.25) is 0 Å². The van der Waals surface area contributed by atoms with Crippen LogP contribution in [0.4, 0.5) is 0 Å². The molecule has 0 radical (unpaired) electrons. The Morgan fingerprint density at radius 3 is 2.41 bits per heavy atom. The summed E-state index contributed by atoms with van der Waals surface area (Å²) in [5.41, 5.74) is 1.28. The van der Waals surface area contributed by atoms with Crippen molar-refractivity contribution in [2.45, 2.75) is 33.1 Å². The van der Waals surface area contributed by atoms with Crippen molar-refractivity contribution in [2.24, 2.45) is 0 Å². The summed E-state index contributed by atoms with van der Waals surface area (Å²) in [4.78, 5) is 24.6. The molecule has 0 N–H and O–H groups in total. The summed E-state index contributed by atoms with van der Waals surface area (Å²) < 4.78 is 21.4. The standard InChI is InChI=1S/C23H24O6/c1-4-13-27-16-5-7-17(8-6-16)28-22(24)12-11-20-15(2)19-10-9-18(26-3)14-21(19)29-23(20)25/h5-10,14H,4,11-13H2,1-3H3. The van der Waals surface area contributed by atoms with Crippen LogP contribution in [0.3, 0.4) is 0 Å². The molecule has 0 aliphatic carbocycles. The second kappa shape index (κ2) is 9.28. The lowest BCUT2D eigenvalue weighted by Crippen LogP contribution is -2.15. The van der Waals surface area contributed by atoms with E-state index in [4.69, 9.17) is 18.6 Å². The summed E-state index contributed by atoms with van der Waals surface area (Å²) in [6.07, 6.45) is 1.24. The van der Waals surface area contributed by atoms with Crippen LogP contribution in [0.1, 0.15) is 30.9 Å². The average molecular weight is 396 g/mol. The summed E-state index contributed by atoms with van der Waals surface area (Å²) in [5.74, 6) is 1.37. The molecule has 0 amide bonds. The molecule has 3 rings (SSSR count). The number of methoxy groups -OCH3 is 1. The largest absolute Gasteiger partial charge is 0.497 e. The smallest absolute Gasteiger partial charge is 0.339 e. The molecule has 29 heavy (non-hydrogen) atoms. The van der Waals surface area contributed by atoms with E-state index in [9.17, 15) is 9.59 Å². The number of benzene rings is 2. The van der Waals surface area contributed by atoms with Crippen LogP contribution in [-0.2, 0) is 11.2 Å². The van der Waals surface area contributed by atoms with Gasteiger partial charge in [-0.05, 0) is 61.7 Å². The Kier molecular flexibility index (Phi) is 6.54. The number of esters is 1. The lowest BCUT2D eigenvalue weighted by atomic mass is 10.0. The van der Waals surface area contributed by atoms with Crippen molar-refractivity contribution in [2.75, 3.05) is 13.7 Å². The third-order valence-corrected chi connectivity index (χ3v) is 4.60. The Morgan fingerprint density at radius 2 is 1.72 bits per heavy atom. The Bertz CT molecular complexity index is 1050. The Hall–Kier alpha value is -3.28. The first-order chi connectivity index (χ1) is 14.0. The third kappa shape index (κ3) is 4.96. The van der Waals surface area contributed by atoms with E-state index >= 15 is 0 Å². The maximum Gasteiger partial charge on any atom is 0.339 e. The van der Waals surface area contributed by atoms with Crippen LogP contribution < -0.4 is 19.8 Å². The highest BCUT2D eigenvalue weighted by atomic mass is 16.5. The SMILES string of the molecule is CCCOc1ccc(OC(=O)CCc2c(C)c3ccc(OC)cc3oc2=O)cc1. The maximum atomic E-state index is 12.4. The van der Waals surface area contributed by atoms with Gasteiger partial charge in [-0.15, -0.1) is 0 Å². The number of carbonyl (C=O) groups is 1. The Morgan fingerprint density at radius 1 is 1.03 bits per heavy atom. The maximum absolute atomic E-state index is 12.4. The van der Waals surface area contributed by atoms with Gasteiger partial charge in [0.05, 0.1) is 20.1 Å². The fourth-order valence-electron chi connectivity index (χ4n) is 3.02. The number of fused-ring (bicyclic) bond motifs is 1. The molecule has 0 atom stereocenters. The zero-order valence-corrected chi connectivity index (χ0v) is 16.8. The van der Waals surface area contributed by atoms with E-state index in [2.05, 4.69) is 0 Å². The van der Waals surface area contributed by atoms with Crippen molar-refractivity contribution in [3.63, 3.8) is 0 Å². The summed E-state index contributed by atoms with van der Waals surface area (Å²) in [6, 6.07) is 12.2. The molecule has 6 nitrogen and oxygen atoms in total. The van der Waals surface area contributed by atoms with Crippen molar-refractivity contribution in [1.82, 2.24) is 0 Å². The van der Waals surface area contributed by atoms with Crippen molar-refractivity contribution in [1.29, 1.82) is 0 Å². The highest BCUT2D eigenvalue weighted by molar-refractivity contribution is 5.82. The van der Waals surface area contributed by atoms with Crippen molar-refractivity contribution in [3.8, 4) is 17.2 Å². The summed E-state index contributed by atoms with van der Waals surface area (Å²) in [7, 11) is 1.55. The molecule has 152 valence electrons. The molecular weight excluding hydrogens is 372 g/mol. The number of ether oxygens (including phenoxy) is 3. The normalized spacial score (nSPS) is 10.7. The van der Waals surface area contributed by atoms with Gasteiger partial charge in [0.1, 0.15) is 22.8 Å². The minimum atomic E-state index is -0.450. The highest BCUT2D eigenvalue weighted by Crippen LogP contribution is 2.24. The molecule has 6 heteroatoms. The summed E-state index contributed by atoms with van der Waals surface area (Å²) in [6.45, 7) is 4.52. The molecule has 3 aromatic rings. The van der Waals surface area contributed by atoms with Gasteiger partial charge in [0.15, 0.2) is 0 Å². The van der Waals surface area contributed by atoms with Crippen LogP contribution in [0.5, 0.6) is 17.2 Å². The van der Waals surface area contributed by atoms with Gasteiger partial charge >= 0.3 is 11.6 Å². The van der Waals surface area contributed by atoms with Gasteiger partial charge in [-0.3, -0.25) is 4.79 Å². The molecule has 0 saturated carbocycles. The molecule has 0 unspecified atom stereocenters. The number of carbonyl (C=O) groups excluding carboxylic acids is 1. The predicted octanol–water partition coefficient (Wildman–Crippen LogP) is 4.44. The minimum absolute atomic E-state index is 0.0708. The molecule has 0 saturated heterocycles. The van der Waals surface area contributed by atoms with Gasteiger partial charge in [0, 0.05) is 17.0 Å². The molecular formula is C23H24O6. The molecule has 1 heterocycles. The van der Waals surface area contributed by atoms with Crippen molar-refractivity contribution < 1.29 is 23.4 Å². The molecule has 0 fully saturated rings. The molecule has 0 bridgehead atoms. The first-order valence-corrected chi connectivity index (χ1v) is 9.55. The highest BCUT2D eigenvalue weighted by Gasteiger charge is 2.14. The number of rotatable bonds is 8. The first-order valence-electron chi connectivity index (χ1n) is 9.55. The molecule has 1 aromatic heterocycles. The van der Waals surface area contributed by atoms with E-state index in [1.807, 2.05) is 19.9 Å². The van der Waals surface area contributed by atoms with Crippen LogP contribution >= 0.6 is 0 Å². The summed E-state index contributed by atoms with van der Waals surface area (Å²) >= 11 is 0. The third-order valence-electron chi connectivity index (χ3n) is 4.60. The van der Waals surface area contributed by atoms with Crippen LogP contribution in [0, 0.1) is 6.92 Å². The number of aryl methyl sites for hydroxylation is 1. The Balaban J connectivity index is 1.67. The van der Waals surface area contributed by atoms with Crippen LogP contribution in [0.25, 0.3) is 11.0 Å². The van der Waals surface area contributed by atoms with Gasteiger partial charge in [0.2, 0.25) is 0 Å². The zero-order chi connectivity index (χ0) is 20.8. The fourth-order valence-corrected chi connectivity index (χ4v) is 3.02. The van der Waals surface area contributed by atoms with Gasteiger partial charge in [-0.25, -0.2) is 4.79 Å². The Labute approximate surface area is 169 Å². The van der Waals surface area contributed by atoms with E-state index in [1.54, 1.807) is 43.5 Å². The lowest BCUT2D eigenvalue weighted by molar-refractivity contribution is -0.134. The molecule has 0 spiro atoms. The van der Waals surface area contributed by atoms with Gasteiger partial charge in [-0.2, -0.15) is 0 Å². The van der Waals surface area contributed by atoms with Gasteiger partial charge in [0.25, 0.3) is 0 Å². The first kappa shape index (κ1) is 20.5. The monoisotopic (exact) mass is 396 g/mol.